The maximum Gasteiger partial charge on any atom is 0.131 e. The molecular formula is C16H26FNO. The van der Waals surface area contributed by atoms with Gasteiger partial charge in [-0.05, 0) is 25.3 Å². The summed E-state index contributed by atoms with van der Waals surface area (Å²) in [7, 11) is 0. The largest absolute Gasteiger partial charge is 0.493 e. The predicted octanol–water partition coefficient (Wildman–Crippen LogP) is 4.44. The average Bonchev–Trinajstić information content (AvgIpc) is 2.38. The minimum Gasteiger partial charge on any atom is -0.493 e. The first-order valence-electron chi connectivity index (χ1n) is 7.26. The predicted molar refractivity (Wildman–Crippen MR) is 77.8 cm³/mol. The van der Waals surface area contributed by atoms with Crippen molar-refractivity contribution in [3.05, 3.63) is 29.6 Å². The first-order chi connectivity index (χ1) is 9.08. The fourth-order valence-corrected chi connectivity index (χ4v) is 2.08. The molecule has 0 aliphatic carbocycles. The highest BCUT2D eigenvalue weighted by Gasteiger charge is 2.10. The number of unbranched alkanes of at least 4 members (excludes halogenated alkanes) is 1. The summed E-state index contributed by atoms with van der Waals surface area (Å²) in [5.41, 5.74) is 6.22. The van der Waals surface area contributed by atoms with E-state index in [1.54, 1.807) is 19.1 Å². The van der Waals surface area contributed by atoms with Gasteiger partial charge in [-0.3, -0.25) is 0 Å². The Labute approximate surface area is 116 Å². The Hall–Kier alpha value is -1.09. The molecule has 0 spiro atoms. The van der Waals surface area contributed by atoms with E-state index in [-0.39, 0.29) is 11.9 Å². The van der Waals surface area contributed by atoms with Gasteiger partial charge in [0.25, 0.3) is 0 Å². The lowest BCUT2D eigenvalue weighted by Crippen LogP contribution is -2.12. The molecule has 0 fully saturated rings. The van der Waals surface area contributed by atoms with Crippen molar-refractivity contribution in [3.8, 4) is 5.75 Å². The lowest BCUT2D eigenvalue weighted by atomic mass is 10.0. The molecule has 2 N–H and O–H groups in total. The van der Waals surface area contributed by atoms with Crippen molar-refractivity contribution in [2.24, 2.45) is 11.7 Å². The van der Waals surface area contributed by atoms with Crippen LogP contribution in [0.25, 0.3) is 0 Å². The van der Waals surface area contributed by atoms with E-state index < -0.39 is 0 Å². The molecule has 0 bridgehead atoms. The highest BCUT2D eigenvalue weighted by atomic mass is 19.1. The summed E-state index contributed by atoms with van der Waals surface area (Å²) in [6.45, 7) is 6.80. The maximum absolute atomic E-state index is 13.7. The summed E-state index contributed by atoms with van der Waals surface area (Å²) in [4.78, 5) is 0. The number of hydrogen-bond acceptors (Lipinski definition) is 2. The molecule has 19 heavy (non-hydrogen) atoms. The molecule has 3 heteroatoms. The quantitative estimate of drug-likeness (QED) is 0.755. The third kappa shape index (κ3) is 5.19. The number of benzene rings is 1. The summed E-state index contributed by atoms with van der Waals surface area (Å²) in [6, 6.07) is 4.66. The minimum absolute atomic E-state index is 0.283. The Morgan fingerprint density at radius 3 is 2.58 bits per heavy atom. The van der Waals surface area contributed by atoms with Crippen LogP contribution in [0.2, 0.25) is 0 Å². The van der Waals surface area contributed by atoms with Crippen LogP contribution in [0.5, 0.6) is 5.75 Å². The number of rotatable bonds is 8. The Kier molecular flexibility index (Phi) is 6.85. The average molecular weight is 267 g/mol. The first-order valence-corrected chi connectivity index (χ1v) is 7.26. The van der Waals surface area contributed by atoms with Gasteiger partial charge in [0, 0.05) is 17.7 Å². The molecule has 0 aromatic heterocycles. The van der Waals surface area contributed by atoms with Gasteiger partial charge in [0.1, 0.15) is 11.6 Å². The molecule has 0 saturated heterocycles. The van der Waals surface area contributed by atoms with Crippen LogP contribution >= 0.6 is 0 Å². The minimum atomic E-state index is -0.290. The van der Waals surface area contributed by atoms with Crippen molar-refractivity contribution in [3.63, 3.8) is 0 Å². The van der Waals surface area contributed by atoms with Gasteiger partial charge in [-0.1, -0.05) is 39.2 Å². The van der Waals surface area contributed by atoms with Crippen molar-refractivity contribution >= 4 is 0 Å². The fourth-order valence-electron chi connectivity index (χ4n) is 2.08. The van der Waals surface area contributed by atoms with E-state index in [1.807, 2.05) is 0 Å². The van der Waals surface area contributed by atoms with E-state index in [2.05, 4.69) is 13.8 Å². The highest BCUT2D eigenvalue weighted by molar-refractivity contribution is 5.30. The van der Waals surface area contributed by atoms with E-state index in [0.29, 0.717) is 23.8 Å². The third-order valence-corrected chi connectivity index (χ3v) is 3.49. The monoisotopic (exact) mass is 267 g/mol. The highest BCUT2D eigenvalue weighted by Crippen LogP contribution is 2.22. The van der Waals surface area contributed by atoms with Gasteiger partial charge in [0.15, 0.2) is 0 Å². The molecular weight excluding hydrogens is 241 g/mol. The van der Waals surface area contributed by atoms with Crippen molar-refractivity contribution in [1.29, 1.82) is 0 Å². The van der Waals surface area contributed by atoms with Crippen LogP contribution in [0.3, 0.4) is 0 Å². The van der Waals surface area contributed by atoms with E-state index >= 15 is 0 Å². The Morgan fingerprint density at radius 2 is 2.05 bits per heavy atom. The summed E-state index contributed by atoms with van der Waals surface area (Å²) in [5, 5.41) is 0. The zero-order valence-electron chi connectivity index (χ0n) is 12.3. The number of hydrogen-bond donors (Lipinski definition) is 1. The molecule has 1 aromatic rings. The molecule has 1 unspecified atom stereocenters. The van der Waals surface area contributed by atoms with E-state index in [1.165, 1.54) is 25.3 Å². The molecule has 2 nitrogen and oxygen atoms in total. The normalized spacial score (nSPS) is 14.2. The van der Waals surface area contributed by atoms with Crippen LogP contribution in [0.15, 0.2) is 18.2 Å². The number of nitrogens with two attached hydrogens (primary N) is 1. The van der Waals surface area contributed by atoms with Crippen molar-refractivity contribution in [2.45, 2.75) is 52.5 Å². The standard InChI is InChI=1S/C16H26FNO/c1-4-6-7-13(5-2)11-19-14-8-9-15(12(3)18)16(17)10-14/h8-10,12-13H,4-7,11,18H2,1-3H3/t12-,13?/m1/s1. The van der Waals surface area contributed by atoms with Gasteiger partial charge in [-0.15, -0.1) is 0 Å². The van der Waals surface area contributed by atoms with Gasteiger partial charge in [-0.25, -0.2) is 4.39 Å². The summed E-state index contributed by atoms with van der Waals surface area (Å²) < 4.78 is 19.4. The van der Waals surface area contributed by atoms with E-state index in [4.69, 9.17) is 10.5 Å². The van der Waals surface area contributed by atoms with Crippen LogP contribution in [-0.2, 0) is 0 Å². The molecule has 1 rings (SSSR count). The maximum atomic E-state index is 13.7. The Bertz CT molecular complexity index is 379. The molecule has 0 saturated carbocycles. The molecule has 0 heterocycles. The first kappa shape index (κ1) is 16.0. The lowest BCUT2D eigenvalue weighted by molar-refractivity contribution is 0.232. The van der Waals surface area contributed by atoms with Crippen LogP contribution in [0.1, 0.15) is 58.1 Å². The number of halogens is 1. The molecule has 0 radical (unpaired) electrons. The second-order valence-electron chi connectivity index (χ2n) is 5.20. The SMILES string of the molecule is CCCCC(CC)COc1ccc([C@@H](C)N)c(F)c1. The van der Waals surface area contributed by atoms with Crippen LogP contribution in [0, 0.1) is 11.7 Å². The molecule has 0 amide bonds. The molecule has 0 aliphatic rings. The summed E-state index contributed by atoms with van der Waals surface area (Å²) >= 11 is 0. The van der Waals surface area contributed by atoms with E-state index in [0.717, 1.165) is 6.42 Å². The second kappa shape index (κ2) is 8.16. The van der Waals surface area contributed by atoms with Gasteiger partial charge in [0.2, 0.25) is 0 Å². The lowest BCUT2D eigenvalue weighted by Gasteiger charge is -2.16. The zero-order chi connectivity index (χ0) is 14.3. The Morgan fingerprint density at radius 1 is 1.32 bits per heavy atom. The van der Waals surface area contributed by atoms with Gasteiger partial charge in [-0.2, -0.15) is 0 Å². The summed E-state index contributed by atoms with van der Waals surface area (Å²) in [5.74, 6) is 0.863. The van der Waals surface area contributed by atoms with E-state index in [9.17, 15) is 4.39 Å². The second-order valence-corrected chi connectivity index (χ2v) is 5.20. The van der Waals surface area contributed by atoms with Crippen molar-refractivity contribution in [2.75, 3.05) is 6.61 Å². The number of ether oxygens (including phenoxy) is 1. The van der Waals surface area contributed by atoms with Crippen molar-refractivity contribution in [1.82, 2.24) is 0 Å². The van der Waals surface area contributed by atoms with Crippen LogP contribution in [-0.4, -0.2) is 6.61 Å². The summed E-state index contributed by atoms with van der Waals surface area (Å²) in [6.07, 6.45) is 4.70. The van der Waals surface area contributed by atoms with Gasteiger partial charge < -0.3 is 10.5 Å². The van der Waals surface area contributed by atoms with Crippen molar-refractivity contribution < 1.29 is 9.13 Å². The molecule has 108 valence electrons. The topological polar surface area (TPSA) is 35.2 Å². The zero-order valence-corrected chi connectivity index (χ0v) is 12.3. The van der Waals surface area contributed by atoms with Crippen LogP contribution in [0.4, 0.5) is 4.39 Å². The molecule has 1 aromatic carbocycles. The third-order valence-electron chi connectivity index (χ3n) is 3.49. The van der Waals surface area contributed by atoms with Gasteiger partial charge in [0.05, 0.1) is 6.61 Å². The smallest absolute Gasteiger partial charge is 0.131 e. The fraction of sp³-hybridized carbons (Fsp3) is 0.625. The van der Waals surface area contributed by atoms with Crippen LogP contribution < -0.4 is 10.5 Å². The molecule has 2 atom stereocenters. The Balaban J connectivity index is 2.55. The van der Waals surface area contributed by atoms with Gasteiger partial charge >= 0.3 is 0 Å². The molecule has 0 aliphatic heterocycles.